The number of thiazole rings is 1. The van der Waals surface area contributed by atoms with Crippen molar-refractivity contribution in [2.75, 3.05) is 60.1 Å². The summed E-state index contributed by atoms with van der Waals surface area (Å²) >= 11 is 1.64. The first-order chi connectivity index (χ1) is 15.6. The van der Waals surface area contributed by atoms with E-state index in [1.165, 1.54) is 12.8 Å². The number of aromatic nitrogens is 2. The summed E-state index contributed by atoms with van der Waals surface area (Å²) < 4.78 is 29.8. The van der Waals surface area contributed by atoms with Gasteiger partial charge in [0, 0.05) is 32.7 Å². The molecule has 2 heterocycles. The van der Waals surface area contributed by atoms with Crippen LogP contribution in [0.3, 0.4) is 0 Å². The average Bonchev–Trinajstić information content (AvgIpc) is 3.42. The number of methoxy groups -OCH3 is 5. The Morgan fingerprint density at radius 1 is 1.03 bits per heavy atom. The number of hydrogen-bond acceptors (Lipinski definition) is 8. The van der Waals surface area contributed by atoms with Crippen LogP contribution >= 0.6 is 11.3 Å². The lowest BCUT2D eigenvalue weighted by atomic mass is 10.1. The van der Waals surface area contributed by atoms with E-state index in [1.54, 1.807) is 46.9 Å². The third kappa shape index (κ3) is 4.37. The van der Waals surface area contributed by atoms with Crippen LogP contribution in [0.4, 0.5) is 5.69 Å². The molecule has 0 saturated heterocycles. The molecule has 0 amide bonds. The molecule has 0 radical (unpaired) electrons. The topological polar surface area (TPSA) is 66.7 Å². The van der Waals surface area contributed by atoms with Crippen LogP contribution in [-0.2, 0) is 16.1 Å². The van der Waals surface area contributed by atoms with E-state index < -0.39 is 0 Å². The van der Waals surface area contributed by atoms with Gasteiger partial charge in [-0.3, -0.25) is 0 Å². The lowest BCUT2D eigenvalue weighted by Gasteiger charge is -2.23. The Bertz CT molecular complexity index is 1030. The highest BCUT2D eigenvalue weighted by molar-refractivity contribution is 7.16. The highest BCUT2D eigenvalue weighted by atomic mass is 32.1. The van der Waals surface area contributed by atoms with Gasteiger partial charge in [-0.25, -0.2) is 4.52 Å². The van der Waals surface area contributed by atoms with Gasteiger partial charge < -0.3 is 28.6 Å². The maximum absolute atomic E-state index is 5.74. The third-order valence-electron chi connectivity index (χ3n) is 5.68. The van der Waals surface area contributed by atoms with Crippen molar-refractivity contribution in [3.05, 3.63) is 23.1 Å². The van der Waals surface area contributed by atoms with Gasteiger partial charge in [0.15, 0.2) is 0 Å². The maximum Gasteiger partial charge on any atom is 0.258 e. The van der Waals surface area contributed by atoms with Gasteiger partial charge in [0.05, 0.1) is 45.8 Å². The standard InChI is InChI=1S/C23H31N3O5S/c1-27-9-8-25(12-15-6-7-15)21-22(31-5)24-26-17(14-32-23(21)26)20-18(29-3)10-16(13-28-2)11-19(20)30-4/h10-11,14-15H,6-9,12-13H2,1-5H3. The molecule has 0 atom stereocenters. The molecule has 8 nitrogen and oxygen atoms in total. The molecule has 1 fully saturated rings. The first kappa shape index (κ1) is 22.7. The van der Waals surface area contributed by atoms with Crippen LogP contribution in [0.2, 0.25) is 0 Å². The molecule has 0 spiro atoms. The predicted octanol–water partition coefficient (Wildman–Crippen LogP) is 4.10. The zero-order valence-corrected chi connectivity index (χ0v) is 20.2. The van der Waals surface area contributed by atoms with Gasteiger partial charge in [-0.05, 0) is 36.5 Å². The minimum absolute atomic E-state index is 0.474. The van der Waals surface area contributed by atoms with Gasteiger partial charge in [0.2, 0.25) is 0 Å². The average molecular weight is 462 g/mol. The number of ether oxygens (including phenoxy) is 5. The molecule has 2 aromatic heterocycles. The molecule has 32 heavy (non-hydrogen) atoms. The molecule has 0 aliphatic heterocycles. The van der Waals surface area contributed by atoms with Crippen molar-refractivity contribution in [3.63, 3.8) is 0 Å². The minimum Gasteiger partial charge on any atom is -0.496 e. The summed E-state index contributed by atoms with van der Waals surface area (Å²) in [6.07, 6.45) is 2.54. The fraction of sp³-hybridized carbons (Fsp3) is 0.522. The minimum atomic E-state index is 0.474. The van der Waals surface area contributed by atoms with Gasteiger partial charge in [-0.1, -0.05) is 0 Å². The third-order valence-corrected chi connectivity index (χ3v) is 6.61. The molecule has 0 bridgehead atoms. The van der Waals surface area contributed by atoms with Crippen LogP contribution in [0.15, 0.2) is 17.5 Å². The lowest BCUT2D eigenvalue weighted by molar-refractivity contribution is 0.184. The molecule has 4 rings (SSSR count). The fourth-order valence-corrected chi connectivity index (χ4v) is 4.96. The van der Waals surface area contributed by atoms with Crippen molar-refractivity contribution in [1.29, 1.82) is 0 Å². The van der Waals surface area contributed by atoms with E-state index in [9.17, 15) is 0 Å². The van der Waals surface area contributed by atoms with E-state index in [4.69, 9.17) is 28.8 Å². The summed E-state index contributed by atoms with van der Waals surface area (Å²) in [4.78, 5) is 3.37. The summed E-state index contributed by atoms with van der Waals surface area (Å²) in [5.74, 6) is 2.76. The second-order valence-corrected chi connectivity index (χ2v) is 8.74. The largest absolute Gasteiger partial charge is 0.496 e. The molecule has 1 aromatic carbocycles. The van der Waals surface area contributed by atoms with Crippen LogP contribution in [0.25, 0.3) is 16.1 Å². The van der Waals surface area contributed by atoms with Gasteiger partial charge in [-0.15, -0.1) is 16.4 Å². The first-order valence-electron chi connectivity index (χ1n) is 10.7. The molecule has 1 aliphatic rings. The van der Waals surface area contributed by atoms with Crippen LogP contribution in [0.1, 0.15) is 18.4 Å². The van der Waals surface area contributed by atoms with Crippen molar-refractivity contribution < 1.29 is 23.7 Å². The number of fused-ring (bicyclic) bond motifs is 1. The predicted molar refractivity (Wildman–Crippen MR) is 126 cm³/mol. The highest BCUT2D eigenvalue weighted by Gasteiger charge is 2.30. The smallest absolute Gasteiger partial charge is 0.258 e. The monoisotopic (exact) mass is 461 g/mol. The summed E-state index contributed by atoms with van der Waals surface area (Å²) in [5.41, 5.74) is 3.74. The Morgan fingerprint density at radius 2 is 1.75 bits per heavy atom. The molecule has 9 heteroatoms. The van der Waals surface area contributed by atoms with E-state index in [1.807, 2.05) is 16.6 Å². The SMILES string of the molecule is COCCN(CC1CC1)c1c(OC)nn2c(-c3c(OC)cc(COC)cc3OC)csc12. The van der Waals surface area contributed by atoms with Gasteiger partial charge in [0.25, 0.3) is 5.88 Å². The van der Waals surface area contributed by atoms with Crippen LogP contribution < -0.4 is 19.1 Å². The number of anilines is 1. The molecule has 0 unspecified atom stereocenters. The summed E-state index contributed by atoms with van der Waals surface area (Å²) in [5, 5.41) is 6.91. The Hall–Kier alpha value is -2.49. The molecular weight excluding hydrogens is 430 g/mol. The lowest BCUT2D eigenvalue weighted by Crippen LogP contribution is -2.29. The van der Waals surface area contributed by atoms with E-state index in [2.05, 4.69) is 10.3 Å². The quantitative estimate of drug-likeness (QED) is 0.402. The van der Waals surface area contributed by atoms with Gasteiger partial charge >= 0.3 is 0 Å². The molecule has 3 aromatic rings. The number of nitrogens with zero attached hydrogens (tertiary/aromatic N) is 3. The van der Waals surface area contributed by atoms with E-state index >= 15 is 0 Å². The highest BCUT2D eigenvalue weighted by Crippen LogP contribution is 2.45. The Kier molecular flexibility index (Phi) is 7.07. The van der Waals surface area contributed by atoms with Crippen LogP contribution in [-0.4, -0.2) is 64.9 Å². The number of hydrogen-bond donors (Lipinski definition) is 0. The normalized spacial score (nSPS) is 13.5. The van der Waals surface area contributed by atoms with Crippen molar-refractivity contribution in [2.45, 2.75) is 19.4 Å². The van der Waals surface area contributed by atoms with Crippen molar-refractivity contribution in [3.8, 4) is 28.6 Å². The van der Waals surface area contributed by atoms with E-state index in [0.717, 1.165) is 46.3 Å². The Labute approximate surface area is 192 Å². The molecular formula is C23H31N3O5S. The van der Waals surface area contributed by atoms with Gasteiger partial charge in [0.1, 0.15) is 22.0 Å². The van der Waals surface area contributed by atoms with Crippen molar-refractivity contribution >= 4 is 21.9 Å². The zero-order chi connectivity index (χ0) is 22.7. The zero-order valence-electron chi connectivity index (χ0n) is 19.3. The van der Waals surface area contributed by atoms with Crippen molar-refractivity contribution in [2.24, 2.45) is 5.92 Å². The van der Waals surface area contributed by atoms with Crippen molar-refractivity contribution in [1.82, 2.24) is 9.61 Å². The van der Waals surface area contributed by atoms with E-state index in [0.29, 0.717) is 30.6 Å². The molecule has 1 aliphatic carbocycles. The van der Waals surface area contributed by atoms with E-state index in [-0.39, 0.29) is 0 Å². The maximum atomic E-state index is 5.74. The molecule has 174 valence electrons. The molecule has 1 saturated carbocycles. The number of rotatable bonds is 12. The Morgan fingerprint density at radius 3 is 2.31 bits per heavy atom. The Balaban J connectivity index is 1.84. The summed E-state index contributed by atoms with van der Waals surface area (Å²) in [7, 11) is 8.40. The fourth-order valence-electron chi connectivity index (χ4n) is 3.96. The second kappa shape index (κ2) is 9.97. The van der Waals surface area contributed by atoms with Crippen LogP contribution in [0.5, 0.6) is 17.4 Å². The molecule has 0 N–H and O–H groups in total. The second-order valence-electron chi connectivity index (χ2n) is 7.89. The summed E-state index contributed by atoms with van der Waals surface area (Å²) in [6, 6.07) is 3.95. The first-order valence-corrected chi connectivity index (χ1v) is 11.5. The summed E-state index contributed by atoms with van der Waals surface area (Å²) in [6.45, 7) is 2.89. The van der Waals surface area contributed by atoms with Crippen LogP contribution in [0, 0.1) is 5.92 Å². The van der Waals surface area contributed by atoms with Gasteiger partial charge in [-0.2, -0.15) is 0 Å². The number of benzene rings is 1.